The van der Waals surface area contributed by atoms with Crippen LogP contribution in [0.5, 0.6) is 28.7 Å². The van der Waals surface area contributed by atoms with E-state index in [2.05, 4.69) is 0 Å². The smallest absolute Gasteiger partial charge is 0.303 e. The predicted octanol–water partition coefficient (Wildman–Crippen LogP) is 0.671. The van der Waals surface area contributed by atoms with Gasteiger partial charge < -0.3 is 49.3 Å². The van der Waals surface area contributed by atoms with Gasteiger partial charge in [-0.2, -0.15) is 0 Å². The van der Waals surface area contributed by atoms with Crippen LogP contribution in [-0.4, -0.2) is 67.8 Å². The lowest BCUT2D eigenvalue weighted by Gasteiger charge is -2.36. The summed E-state index contributed by atoms with van der Waals surface area (Å²) in [4.78, 5) is 24.1. The second kappa shape index (κ2) is 8.74. The van der Waals surface area contributed by atoms with Crippen LogP contribution in [0, 0.1) is 0 Å². The zero-order valence-corrected chi connectivity index (χ0v) is 17.5. The molecule has 1 saturated heterocycles. The van der Waals surface area contributed by atoms with Crippen molar-refractivity contribution in [2.24, 2.45) is 0 Å². The van der Waals surface area contributed by atoms with E-state index in [4.69, 9.17) is 18.6 Å². The number of aliphatic hydroxyl groups excluding tert-OH is 2. The number of aliphatic hydroxyl groups is 2. The number of ether oxygens (including phenoxy) is 3. The van der Waals surface area contributed by atoms with Gasteiger partial charge in [-0.05, 0) is 24.3 Å². The summed E-state index contributed by atoms with van der Waals surface area (Å²) < 4.78 is 21.3. The highest BCUT2D eigenvalue weighted by atomic mass is 16.7. The Kier molecular flexibility index (Phi) is 5.96. The summed E-state index contributed by atoms with van der Waals surface area (Å²) in [5, 5.41) is 60.5. The number of phenolic OH excluding ortho intramolecular Hbond substituents is 3. The van der Waals surface area contributed by atoms with Crippen molar-refractivity contribution >= 4 is 16.9 Å². The number of aromatic hydroxyl groups is 4. The van der Waals surface area contributed by atoms with Crippen LogP contribution in [0.4, 0.5) is 0 Å². The molecule has 4 rings (SSSR count). The van der Waals surface area contributed by atoms with Crippen molar-refractivity contribution in [3.63, 3.8) is 0 Å². The topological polar surface area (TPSA) is 196 Å². The van der Waals surface area contributed by atoms with Crippen LogP contribution in [0.3, 0.4) is 0 Å². The van der Waals surface area contributed by atoms with Crippen LogP contribution in [0.15, 0.2) is 39.5 Å². The van der Waals surface area contributed by atoms with Crippen molar-refractivity contribution in [1.82, 2.24) is 0 Å². The number of hydrogen-bond donors (Lipinski definition) is 6. The average molecular weight is 476 g/mol. The third-order valence-electron chi connectivity index (χ3n) is 5.15. The van der Waals surface area contributed by atoms with E-state index in [9.17, 15) is 40.2 Å². The first kappa shape index (κ1) is 23.2. The highest BCUT2D eigenvalue weighted by molar-refractivity contribution is 5.93. The summed E-state index contributed by atoms with van der Waals surface area (Å²) in [6.07, 6.45) is -6.08. The molecule has 4 atom stereocenters. The lowest BCUT2D eigenvalue weighted by molar-refractivity contribution is -0.248. The Balaban J connectivity index is 1.83. The summed E-state index contributed by atoms with van der Waals surface area (Å²) in [6, 6.07) is 6.02. The normalized spacial score (nSPS) is 22.4. The van der Waals surface area contributed by atoms with E-state index in [0.717, 1.165) is 13.0 Å². The average Bonchev–Trinajstić information content (AvgIpc) is 2.77. The van der Waals surface area contributed by atoms with Gasteiger partial charge in [-0.1, -0.05) is 0 Å². The lowest BCUT2D eigenvalue weighted by atomic mass is 10.0. The van der Waals surface area contributed by atoms with Gasteiger partial charge in [-0.25, -0.2) is 0 Å². The van der Waals surface area contributed by atoms with Gasteiger partial charge in [0.05, 0.1) is 6.61 Å². The summed E-state index contributed by atoms with van der Waals surface area (Å²) >= 11 is 0. The molecule has 12 nitrogen and oxygen atoms in total. The van der Waals surface area contributed by atoms with Crippen LogP contribution in [0.1, 0.15) is 6.92 Å². The van der Waals surface area contributed by atoms with Crippen LogP contribution in [0.25, 0.3) is 22.3 Å². The van der Waals surface area contributed by atoms with Gasteiger partial charge >= 0.3 is 5.97 Å². The van der Waals surface area contributed by atoms with E-state index in [1.165, 1.54) is 24.3 Å². The Morgan fingerprint density at radius 3 is 2.38 bits per heavy atom. The zero-order chi connectivity index (χ0) is 24.7. The largest absolute Gasteiger partial charge is 0.508 e. The van der Waals surface area contributed by atoms with Crippen molar-refractivity contribution in [3.05, 3.63) is 40.6 Å². The number of carbonyl (C=O) groups is 1. The third-order valence-corrected chi connectivity index (χ3v) is 5.15. The molecule has 180 valence electrons. The maximum atomic E-state index is 12.8. The Morgan fingerprint density at radius 2 is 1.74 bits per heavy atom. The van der Waals surface area contributed by atoms with Gasteiger partial charge in [0, 0.05) is 18.6 Å². The number of rotatable bonds is 4. The molecule has 1 aliphatic heterocycles. The van der Waals surface area contributed by atoms with Crippen molar-refractivity contribution in [2.75, 3.05) is 6.61 Å². The maximum Gasteiger partial charge on any atom is 0.303 e. The van der Waals surface area contributed by atoms with Crippen molar-refractivity contribution in [1.29, 1.82) is 0 Å². The van der Waals surface area contributed by atoms with Gasteiger partial charge in [0.1, 0.15) is 23.0 Å². The van der Waals surface area contributed by atoms with Gasteiger partial charge in [0.25, 0.3) is 0 Å². The minimum atomic E-state index is -1.71. The molecule has 2 aromatic carbocycles. The Bertz CT molecular complexity index is 1300. The van der Waals surface area contributed by atoms with Crippen LogP contribution in [0.2, 0.25) is 0 Å². The molecule has 1 aliphatic rings. The number of fused-ring (bicyclic) bond motifs is 1. The fourth-order valence-electron chi connectivity index (χ4n) is 3.55. The highest BCUT2D eigenvalue weighted by Crippen LogP contribution is 2.43. The first-order valence-corrected chi connectivity index (χ1v) is 9.94. The number of esters is 1. The molecule has 0 amide bonds. The monoisotopic (exact) mass is 476 g/mol. The molecule has 0 bridgehead atoms. The summed E-state index contributed by atoms with van der Waals surface area (Å²) in [5.74, 6) is -4.03. The fraction of sp³-hybridized carbons (Fsp3) is 0.273. The van der Waals surface area contributed by atoms with E-state index in [1.807, 2.05) is 0 Å². The Hall–Kier alpha value is -4.00. The SMILES string of the molecule is CC(=O)OC1C(O)COC(Oc2c(O)cc(O)c3c(=O)c(O)c(-c4ccc(O)cc4)oc23)C1O. The molecule has 0 aliphatic carbocycles. The van der Waals surface area contributed by atoms with Crippen LogP contribution < -0.4 is 10.2 Å². The third kappa shape index (κ3) is 4.05. The zero-order valence-electron chi connectivity index (χ0n) is 17.5. The quantitative estimate of drug-likeness (QED) is 0.288. The second-order valence-electron chi connectivity index (χ2n) is 7.56. The van der Waals surface area contributed by atoms with Gasteiger partial charge in [-0.3, -0.25) is 9.59 Å². The number of carbonyl (C=O) groups excluding carboxylic acids is 1. The summed E-state index contributed by atoms with van der Waals surface area (Å²) in [5.41, 5.74) is -1.37. The van der Waals surface area contributed by atoms with E-state index < -0.39 is 76.6 Å². The molecule has 12 heteroatoms. The molecule has 4 unspecified atom stereocenters. The first-order chi connectivity index (χ1) is 16.1. The summed E-state index contributed by atoms with van der Waals surface area (Å²) in [7, 11) is 0. The molecular formula is C22H20O12. The number of benzene rings is 2. The second-order valence-corrected chi connectivity index (χ2v) is 7.56. The number of phenols is 3. The van der Waals surface area contributed by atoms with Gasteiger partial charge in [0.15, 0.2) is 29.3 Å². The minimum Gasteiger partial charge on any atom is -0.508 e. The van der Waals surface area contributed by atoms with E-state index in [1.54, 1.807) is 0 Å². The molecule has 3 aromatic rings. The molecule has 6 N–H and O–H groups in total. The predicted molar refractivity (Wildman–Crippen MR) is 113 cm³/mol. The van der Waals surface area contributed by atoms with Crippen LogP contribution >= 0.6 is 0 Å². The van der Waals surface area contributed by atoms with Crippen molar-refractivity contribution in [2.45, 2.75) is 31.5 Å². The molecule has 0 spiro atoms. The van der Waals surface area contributed by atoms with Crippen molar-refractivity contribution < 1.29 is 54.1 Å². The highest BCUT2D eigenvalue weighted by Gasteiger charge is 2.43. The van der Waals surface area contributed by atoms with Gasteiger partial charge in [-0.15, -0.1) is 0 Å². The van der Waals surface area contributed by atoms with Gasteiger partial charge in [0.2, 0.25) is 23.2 Å². The fourth-order valence-corrected chi connectivity index (χ4v) is 3.55. The molecular weight excluding hydrogens is 456 g/mol. The molecule has 1 aromatic heterocycles. The minimum absolute atomic E-state index is 0.0846. The number of hydrogen-bond acceptors (Lipinski definition) is 12. The van der Waals surface area contributed by atoms with Crippen LogP contribution in [-0.2, 0) is 14.3 Å². The molecule has 2 heterocycles. The van der Waals surface area contributed by atoms with E-state index in [0.29, 0.717) is 0 Å². The molecule has 1 fully saturated rings. The summed E-state index contributed by atoms with van der Waals surface area (Å²) in [6.45, 7) is 0.677. The lowest BCUT2D eigenvalue weighted by Crippen LogP contribution is -2.56. The van der Waals surface area contributed by atoms with E-state index >= 15 is 0 Å². The molecule has 0 radical (unpaired) electrons. The van der Waals surface area contributed by atoms with Crippen molar-refractivity contribution in [3.8, 4) is 40.1 Å². The van der Waals surface area contributed by atoms with E-state index in [-0.39, 0.29) is 17.1 Å². The standard InChI is InChI=1S/C22H20O12/c1-8(23)32-19-13(27)7-31-22(17(19)30)34-20-12(26)6-11(25)14-15(28)16(29)18(33-21(14)20)9-2-4-10(24)5-3-9/h2-6,13,17,19,22,24-27,29-30H,7H2,1H3. The molecule has 34 heavy (non-hydrogen) atoms. The first-order valence-electron chi connectivity index (χ1n) is 9.94. The maximum absolute atomic E-state index is 12.8. The Morgan fingerprint density at radius 1 is 1.06 bits per heavy atom. The molecule has 0 saturated carbocycles. The Labute approximate surface area is 190 Å².